The van der Waals surface area contributed by atoms with Crippen LogP contribution in [0.1, 0.15) is 54.7 Å². The predicted molar refractivity (Wildman–Crippen MR) is 241 cm³/mol. The zero-order valence-corrected chi connectivity index (χ0v) is 32.2. The van der Waals surface area contributed by atoms with Crippen LogP contribution in [0.25, 0.3) is 87.6 Å². The summed E-state index contributed by atoms with van der Waals surface area (Å²) in [7, 11) is 0. The quantitative estimate of drug-likeness (QED) is 0.158. The minimum atomic E-state index is 0.681. The van der Waals surface area contributed by atoms with Gasteiger partial charge in [0.25, 0.3) is 0 Å². The summed E-state index contributed by atoms with van der Waals surface area (Å²) < 4.78 is 0. The molecule has 9 aromatic carbocycles. The smallest absolute Gasteiger partial charge is 0.000727 e. The van der Waals surface area contributed by atoms with Gasteiger partial charge in [-0.25, -0.2) is 0 Å². The molecule has 0 saturated heterocycles. The first-order chi connectivity index (χ1) is 28.3. The van der Waals surface area contributed by atoms with Crippen LogP contribution in [0, 0.1) is 23.7 Å². The van der Waals surface area contributed by atoms with Gasteiger partial charge in [0.2, 0.25) is 0 Å². The van der Waals surface area contributed by atoms with E-state index in [0.29, 0.717) is 5.92 Å². The molecule has 0 aliphatic heterocycles. The predicted octanol–water partition coefficient (Wildman–Crippen LogP) is 15.4. The van der Waals surface area contributed by atoms with Crippen LogP contribution in [-0.2, 0) is 6.42 Å². The number of benzene rings is 9. The molecular formula is C57H44. The van der Waals surface area contributed by atoms with Gasteiger partial charge in [-0.05, 0) is 178 Å². The molecule has 0 nitrogen and oxygen atoms in total. The summed E-state index contributed by atoms with van der Waals surface area (Å²) in [4.78, 5) is 0. The average molecular weight is 729 g/mol. The highest BCUT2D eigenvalue weighted by Gasteiger charge is 2.49. The van der Waals surface area contributed by atoms with Gasteiger partial charge in [0, 0.05) is 0 Å². The minimum Gasteiger partial charge on any atom is -0.0622 e. The van der Waals surface area contributed by atoms with Crippen molar-refractivity contribution in [1.29, 1.82) is 0 Å². The van der Waals surface area contributed by atoms with Crippen molar-refractivity contribution in [3.8, 4) is 44.5 Å². The highest BCUT2D eigenvalue weighted by molar-refractivity contribution is 6.22. The number of hydrogen-bond acceptors (Lipinski definition) is 0. The molecule has 0 aromatic heterocycles. The summed E-state index contributed by atoms with van der Waals surface area (Å²) in [6.45, 7) is 0. The highest BCUT2D eigenvalue weighted by atomic mass is 14.5. The van der Waals surface area contributed by atoms with Gasteiger partial charge >= 0.3 is 0 Å². The van der Waals surface area contributed by atoms with Gasteiger partial charge in [0.1, 0.15) is 0 Å². The second-order valence-electron chi connectivity index (χ2n) is 17.9. The van der Waals surface area contributed by atoms with E-state index in [1.807, 2.05) is 0 Å². The maximum Gasteiger partial charge on any atom is -0.000727 e. The van der Waals surface area contributed by atoms with Crippen LogP contribution >= 0.6 is 0 Å². The molecule has 0 unspecified atom stereocenters. The van der Waals surface area contributed by atoms with E-state index in [9.17, 15) is 0 Å². The van der Waals surface area contributed by atoms with Crippen molar-refractivity contribution in [2.24, 2.45) is 23.7 Å². The summed E-state index contributed by atoms with van der Waals surface area (Å²) in [6.07, 6.45) is 8.20. The summed E-state index contributed by atoms with van der Waals surface area (Å²) in [5.74, 6) is 4.31. The zero-order chi connectivity index (χ0) is 37.2. The molecule has 0 atom stereocenters. The Kier molecular flexibility index (Phi) is 6.91. The lowest BCUT2D eigenvalue weighted by Crippen LogP contribution is -2.43. The molecule has 4 fully saturated rings. The molecule has 4 bridgehead atoms. The number of rotatable bonds is 4. The summed E-state index contributed by atoms with van der Waals surface area (Å²) in [5.41, 5.74) is 15.3. The first kappa shape index (κ1) is 32.1. The molecule has 0 heteroatoms. The van der Waals surface area contributed by atoms with Crippen LogP contribution in [0.4, 0.5) is 0 Å². The van der Waals surface area contributed by atoms with Gasteiger partial charge in [0.15, 0.2) is 0 Å². The number of hydrogen-bond donors (Lipinski definition) is 0. The molecule has 5 aliphatic carbocycles. The van der Waals surface area contributed by atoms with Gasteiger partial charge in [-0.15, -0.1) is 0 Å². The molecular weight excluding hydrogens is 685 g/mol. The van der Waals surface area contributed by atoms with Crippen LogP contribution in [-0.4, -0.2) is 0 Å². The maximum absolute atomic E-state index is 2.54. The Morgan fingerprint density at radius 2 is 0.807 bits per heavy atom. The number of fused-ring (bicyclic) bond motifs is 7. The van der Waals surface area contributed by atoms with Crippen molar-refractivity contribution in [3.05, 3.63) is 180 Å². The first-order valence-corrected chi connectivity index (χ1v) is 21.4. The van der Waals surface area contributed by atoms with Crippen molar-refractivity contribution < 1.29 is 0 Å². The van der Waals surface area contributed by atoms with Crippen LogP contribution in [0.2, 0.25) is 0 Å². The van der Waals surface area contributed by atoms with Crippen LogP contribution < -0.4 is 0 Å². The Labute approximate surface area is 334 Å². The molecule has 4 saturated carbocycles. The van der Waals surface area contributed by atoms with Crippen molar-refractivity contribution in [3.63, 3.8) is 0 Å². The van der Waals surface area contributed by atoms with E-state index in [0.717, 1.165) is 30.1 Å². The molecule has 5 aliphatic rings. The Morgan fingerprint density at radius 1 is 0.333 bits per heavy atom. The van der Waals surface area contributed by atoms with E-state index >= 15 is 0 Å². The first-order valence-electron chi connectivity index (χ1n) is 21.4. The molecule has 0 radical (unpaired) electrons. The zero-order valence-electron chi connectivity index (χ0n) is 32.2. The van der Waals surface area contributed by atoms with E-state index < -0.39 is 0 Å². The fourth-order valence-electron chi connectivity index (χ4n) is 13.2. The third-order valence-corrected chi connectivity index (χ3v) is 15.0. The van der Waals surface area contributed by atoms with E-state index in [-0.39, 0.29) is 0 Å². The van der Waals surface area contributed by atoms with Gasteiger partial charge in [-0.3, -0.25) is 0 Å². The van der Waals surface area contributed by atoms with Crippen LogP contribution in [0.3, 0.4) is 0 Å². The molecule has 9 aromatic rings. The second-order valence-corrected chi connectivity index (χ2v) is 17.9. The normalized spacial score (nSPS) is 21.8. The molecule has 0 heterocycles. The maximum atomic E-state index is 2.54. The van der Waals surface area contributed by atoms with Gasteiger partial charge in [0.05, 0.1) is 0 Å². The van der Waals surface area contributed by atoms with Gasteiger partial charge in [-0.1, -0.05) is 158 Å². The lowest BCUT2D eigenvalue weighted by molar-refractivity contribution is -0.00185. The summed E-state index contributed by atoms with van der Waals surface area (Å²) in [6, 6.07) is 62.4. The standard InChI is InChI=1S/C57H44/c1-2-13-36(14-3-1)54-42-15-4-8-19-46(42)56(47-20-9-5-16-43(47)54)50-24-12-23-41-51-33-38(26-25-37(51)32-52(41)50)55-44-17-6-10-21-48(44)57(49-22-11-7-18-45(49)55)53-39-28-34-27-35(30-39)31-40(53)29-34/h1-26,33-35,39-40,53H,27-32H2. The fourth-order valence-corrected chi connectivity index (χ4v) is 13.2. The van der Waals surface area contributed by atoms with E-state index in [4.69, 9.17) is 0 Å². The van der Waals surface area contributed by atoms with Crippen LogP contribution in [0.5, 0.6) is 0 Å². The minimum absolute atomic E-state index is 0.681. The van der Waals surface area contributed by atoms with Gasteiger partial charge in [-0.2, -0.15) is 0 Å². The van der Waals surface area contributed by atoms with E-state index in [1.54, 1.807) is 5.56 Å². The monoisotopic (exact) mass is 728 g/mol. The summed E-state index contributed by atoms with van der Waals surface area (Å²) in [5, 5.41) is 11.1. The third kappa shape index (κ3) is 4.68. The van der Waals surface area contributed by atoms with Crippen molar-refractivity contribution >= 4 is 43.1 Å². The van der Waals surface area contributed by atoms with Crippen LogP contribution in [0.15, 0.2) is 164 Å². The largest absolute Gasteiger partial charge is 0.0622 e. The Bertz CT molecular complexity index is 2970. The molecule has 14 rings (SSSR count). The fraction of sp³-hybridized carbons (Fsp3) is 0.193. The Hall–Kier alpha value is -5.98. The highest BCUT2D eigenvalue weighted by Crippen LogP contribution is 2.62. The average Bonchev–Trinajstić information content (AvgIpc) is 3.63. The lowest BCUT2D eigenvalue weighted by atomic mass is 9.50. The topological polar surface area (TPSA) is 0 Å². The molecule has 0 amide bonds. The van der Waals surface area contributed by atoms with Crippen molar-refractivity contribution in [2.45, 2.75) is 44.4 Å². The van der Waals surface area contributed by atoms with Gasteiger partial charge < -0.3 is 0 Å². The van der Waals surface area contributed by atoms with Crippen molar-refractivity contribution in [1.82, 2.24) is 0 Å². The third-order valence-electron chi connectivity index (χ3n) is 15.0. The molecule has 57 heavy (non-hydrogen) atoms. The Morgan fingerprint density at radius 3 is 1.39 bits per heavy atom. The SMILES string of the molecule is c1ccc(-c2c3ccccc3c(-c3cccc4c3Cc3ccc(-c5c6ccccc6c(C6C7CC8CC(C7)CC6C8)c6ccccc56)cc3-4)c3ccccc23)cc1. The van der Waals surface area contributed by atoms with Crippen molar-refractivity contribution in [2.75, 3.05) is 0 Å². The molecule has 0 spiro atoms. The molecule has 0 N–H and O–H groups in total. The van der Waals surface area contributed by atoms with E-state index in [2.05, 4.69) is 164 Å². The lowest BCUT2D eigenvalue weighted by Gasteiger charge is -2.55. The summed E-state index contributed by atoms with van der Waals surface area (Å²) >= 11 is 0. The van der Waals surface area contributed by atoms with E-state index in [1.165, 1.54) is 131 Å². The molecule has 272 valence electrons. The Balaban J connectivity index is 1.00. The second kappa shape index (κ2) is 12.3.